The van der Waals surface area contributed by atoms with Gasteiger partial charge in [-0.3, -0.25) is 9.59 Å². The highest BCUT2D eigenvalue weighted by atomic mass is 16.6. The van der Waals surface area contributed by atoms with Gasteiger partial charge < -0.3 is 53.6 Å². The number of ketones is 2. The fourth-order valence-corrected chi connectivity index (χ4v) is 10.1. The molecule has 8 bridgehead atoms. The maximum atomic E-state index is 13.9. The second-order valence-corrected chi connectivity index (χ2v) is 16.8. The smallest absolute Gasteiger partial charge is 0.135 e. The lowest BCUT2D eigenvalue weighted by Crippen LogP contribution is -2.61. The summed E-state index contributed by atoms with van der Waals surface area (Å²) in [6.45, 7) is 10.4. The second-order valence-electron chi connectivity index (χ2n) is 16.8. The van der Waals surface area contributed by atoms with Crippen molar-refractivity contribution in [2.75, 3.05) is 13.7 Å². The molecule has 7 rings (SSSR count). The van der Waals surface area contributed by atoms with Crippen LogP contribution in [-0.2, 0) is 42.7 Å². The van der Waals surface area contributed by atoms with Crippen molar-refractivity contribution in [2.45, 2.75) is 188 Å². The van der Waals surface area contributed by atoms with E-state index in [0.717, 1.165) is 30.4 Å². The van der Waals surface area contributed by atoms with Gasteiger partial charge in [0, 0.05) is 51.6 Å². The van der Waals surface area contributed by atoms with E-state index in [0.29, 0.717) is 32.1 Å². The zero-order valence-corrected chi connectivity index (χ0v) is 31.2. The molecule has 0 saturated carbocycles. The molecule has 7 heterocycles. The minimum absolute atomic E-state index is 0.00643. The Morgan fingerprint density at radius 3 is 2.23 bits per heavy atom. The van der Waals surface area contributed by atoms with Crippen molar-refractivity contribution in [2.24, 2.45) is 11.8 Å². The molecule has 13 heteroatoms. The Morgan fingerprint density at radius 2 is 1.45 bits per heavy atom. The molecule has 0 aliphatic carbocycles. The van der Waals surface area contributed by atoms with Crippen molar-refractivity contribution in [3.8, 4) is 0 Å². The van der Waals surface area contributed by atoms with Crippen LogP contribution in [0.4, 0.5) is 0 Å². The molecule has 0 aromatic heterocycles. The van der Waals surface area contributed by atoms with Gasteiger partial charge in [0.2, 0.25) is 0 Å². The van der Waals surface area contributed by atoms with Crippen LogP contribution in [0.15, 0.2) is 24.3 Å². The van der Waals surface area contributed by atoms with Gasteiger partial charge in [-0.05, 0) is 62.0 Å². The normalized spacial score (nSPS) is 47.7. The van der Waals surface area contributed by atoms with Crippen LogP contribution in [-0.4, -0.2) is 143 Å². The Balaban J connectivity index is 1.11. The first-order chi connectivity index (χ1) is 25.4. The highest BCUT2D eigenvalue weighted by Crippen LogP contribution is 2.43. The van der Waals surface area contributed by atoms with E-state index < -0.39 is 79.9 Å². The Hall–Kier alpha value is -1.62. The molecule has 0 amide bonds. The summed E-state index contributed by atoms with van der Waals surface area (Å²) in [6.07, 6.45) is -3.55. The Kier molecular flexibility index (Phi) is 12.6. The van der Waals surface area contributed by atoms with Crippen LogP contribution in [0.3, 0.4) is 0 Å². The van der Waals surface area contributed by atoms with Gasteiger partial charge in [-0.2, -0.15) is 0 Å². The van der Waals surface area contributed by atoms with Crippen molar-refractivity contribution in [3.05, 3.63) is 24.3 Å². The minimum atomic E-state index is -1.10. The molecule has 4 N–H and O–H groups in total. The van der Waals surface area contributed by atoms with E-state index in [9.17, 15) is 30.0 Å². The minimum Gasteiger partial charge on any atom is -0.394 e. The number of carbonyl (C=O) groups excluding carboxylic acids is 2. The predicted octanol–water partition coefficient (Wildman–Crippen LogP) is 2.27. The number of aliphatic hydroxyl groups is 4. The molecule has 7 aliphatic heterocycles. The molecule has 7 fully saturated rings. The Labute approximate surface area is 312 Å². The highest BCUT2D eigenvalue weighted by molar-refractivity contribution is 5.79. The molecular weight excluding hydrogens is 688 g/mol. The summed E-state index contributed by atoms with van der Waals surface area (Å²) in [6, 6.07) is 0. The third-order valence-electron chi connectivity index (χ3n) is 13.1. The van der Waals surface area contributed by atoms with Gasteiger partial charge in [-0.1, -0.05) is 20.1 Å². The molecule has 7 aliphatic rings. The van der Waals surface area contributed by atoms with Crippen molar-refractivity contribution in [1.82, 2.24) is 0 Å². The largest absolute Gasteiger partial charge is 0.394 e. The molecule has 0 spiro atoms. The molecule has 18 atom stereocenters. The lowest BCUT2D eigenvalue weighted by Gasteiger charge is -2.46. The van der Waals surface area contributed by atoms with E-state index in [2.05, 4.69) is 20.1 Å². The Bertz CT molecular complexity index is 1340. The maximum absolute atomic E-state index is 13.9. The van der Waals surface area contributed by atoms with Crippen LogP contribution < -0.4 is 0 Å². The van der Waals surface area contributed by atoms with Crippen LogP contribution in [0, 0.1) is 11.8 Å². The van der Waals surface area contributed by atoms with Gasteiger partial charge in [0.1, 0.15) is 42.1 Å². The number of hydrogen-bond donors (Lipinski definition) is 4. The average Bonchev–Trinajstić information content (AvgIpc) is 3.76. The van der Waals surface area contributed by atoms with E-state index in [4.69, 9.17) is 33.2 Å². The lowest BCUT2D eigenvalue weighted by atomic mass is 9.81. The Morgan fingerprint density at radius 1 is 0.736 bits per heavy atom. The number of hydrogen-bond acceptors (Lipinski definition) is 13. The summed E-state index contributed by atoms with van der Waals surface area (Å²) in [5.74, 6) is -0.221. The van der Waals surface area contributed by atoms with Gasteiger partial charge in [0.15, 0.2) is 0 Å². The van der Waals surface area contributed by atoms with Crippen molar-refractivity contribution in [1.29, 1.82) is 0 Å². The van der Waals surface area contributed by atoms with Crippen molar-refractivity contribution >= 4 is 11.6 Å². The first-order valence-electron chi connectivity index (χ1n) is 19.9. The van der Waals surface area contributed by atoms with Crippen LogP contribution in [0.2, 0.25) is 0 Å². The van der Waals surface area contributed by atoms with Gasteiger partial charge in [-0.15, -0.1) is 0 Å². The highest BCUT2D eigenvalue weighted by Gasteiger charge is 2.57. The van der Waals surface area contributed by atoms with E-state index >= 15 is 0 Å². The van der Waals surface area contributed by atoms with Gasteiger partial charge >= 0.3 is 0 Å². The third-order valence-corrected chi connectivity index (χ3v) is 13.1. The molecule has 0 aromatic carbocycles. The van der Waals surface area contributed by atoms with Crippen molar-refractivity contribution in [3.63, 3.8) is 0 Å². The molecule has 0 aromatic rings. The van der Waals surface area contributed by atoms with Crippen LogP contribution in [0.5, 0.6) is 0 Å². The number of ether oxygens (including phenoxy) is 7. The summed E-state index contributed by atoms with van der Waals surface area (Å²) in [7, 11) is 1.58. The lowest BCUT2D eigenvalue weighted by molar-refractivity contribution is -0.259. The third kappa shape index (κ3) is 8.56. The monoisotopic (exact) mass is 748 g/mol. The SMILES string of the molecule is C=C1CC2CCC(=O)CC3OC4C(O)[C@H]5OC(CCC5O[C@H]4C3O)CC(=O)C[C@H]3C(CC4OC(CCC1O2)CC(C)C4=C)O[C@H](CC(O)CO)[C@@H]3OC. The fraction of sp³-hybridized carbons (Fsp3) is 0.850. The number of aliphatic hydroxyl groups excluding tert-OH is 4. The number of Topliss-reactive ketones (excluding diaryl/α,β-unsaturated/α-hetero) is 2. The first-order valence-corrected chi connectivity index (χ1v) is 19.9. The number of rotatable bonds is 4. The van der Waals surface area contributed by atoms with E-state index in [1.165, 1.54) is 0 Å². The maximum Gasteiger partial charge on any atom is 0.135 e. The van der Waals surface area contributed by atoms with Crippen LogP contribution >= 0.6 is 0 Å². The summed E-state index contributed by atoms with van der Waals surface area (Å²) in [4.78, 5) is 27.0. The molecular formula is C40H60O13. The number of methoxy groups -OCH3 is 1. The average molecular weight is 749 g/mol. The molecule has 13 unspecified atom stereocenters. The summed E-state index contributed by atoms with van der Waals surface area (Å²) in [5, 5.41) is 42.6. The zero-order valence-electron chi connectivity index (χ0n) is 31.2. The number of carbonyl (C=O) groups is 2. The predicted molar refractivity (Wildman–Crippen MR) is 189 cm³/mol. The van der Waals surface area contributed by atoms with Gasteiger partial charge in [0.05, 0.1) is 73.8 Å². The van der Waals surface area contributed by atoms with Crippen LogP contribution in [0.25, 0.3) is 0 Å². The zero-order chi connectivity index (χ0) is 37.6. The molecule has 53 heavy (non-hydrogen) atoms. The molecule has 13 nitrogen and oxygen atoms in total. The fourth-order valence-electron chi connectivity index (χ4n) is 10.1. The number of fused-ring (bicyclic) bond motifs is 7. The molecule has 298 valence electrons. The van der Waals surface area contributed by atoms with Gasteiger partial charge in [-0.25, -0.2) is 0 Å². The summed E-state index contributed by atoms with van der Waals surface area (Å²) in [5.41, 5.74) is 2.00. The second kappa shape index (κ2) is 16.9. The standard InChI is InChI=1S/C40H60O13/c1-19-11-26-7-9-29-20(2)12-25(48-29)6-5-22(42)15-33-35(45)39-40(53-33)36(46)38-30(52-39)10-8-27(50-38)13-23(43)14-28-32(17-31(49-26)21(19)3)51-34(37(28)47-4)16-24(44)18-41/h19,24-41,44-46H,2-3,5-18H2,1,4H3/t19?,24?,25?,26?,27?,28-,29?,30?,31?,32?,33?,34+,35?,36?,37+,38-,39-,40?/m0/s1. The van der Waals surface area contributed by atoms with Crippen molar-refractivity contribution < 1.29 is 63.2 Å². The van der Waals surface area contributed by atoms with E-state index in [-0.39, 0.29) is 79.9 Å². The molecule has 7 saturated heterocycles. The molecule has 0 radical (unpaired) electrons. The van der Waals surface area contributed by atoms with Gasteiger partial charge in [0.25, 0.3) is 0 Å². The quantitative estimate of drug-likeness (QED) is 0.308. The first kappa shape index (κ1) is 39.6. The summed E-state index contributed by atoms with van der Waals surface area (Å²) < 4.78 is 44.3. The topological polar surface area (TPSA) is 180 Å². The summed E-state index contributed by atoms with van der Waals surface area (Å²) >= 11 is 0. The van der Waals surface area contributed by atoms with E-state index in [1.807, 2.05) is 0 Å². The van der Waals surface area contributed by atoms with Crippen LogP contribution in [0.1, 0.15) is 90.4 Å². The van der Waals surface area contributed by atoms with E-state index in [1.54, 1.807) is 7.11 Å².